The molecule has 4 atom stereocenters. The van der Waals surface area contributed by atoms with Crippen LogP contribution in [0.5, 0.6) is 0 Å². The first-order valence-corrected chi connectivity index (χ1v) is 6.09. The van der Waals surface area contributed by atoms with Gasteiger partial charge in [0.2, 0.25) is 5.91 Å². The summed E-state index contributed by atoms with van der Waals surface area (Å²) in [5.41, 5.74) is 7.47. The lowest BCUT2D eigenvalue weighted by atomic mass is 9.88. The summed E-state index contributed by atoms with van der Waals surface area (Å²) < 4.78 is 6.18. The molecular formula is C11H16N4O6. The summed E-state index contributed by atoms with van der Waals surface area (Å²) >= 11 is 0. The van der Waals surface area contributed by atoms with Crippen molar-refractivity contribution in [2.24, 2.45) is 5.73 Å². The van der Waals surface area contributed by atoms with E-state index in [4.69, 9.17) is 16.2 Å². The third-order valence-electron chi connectivity index (χ3n) is 3.39. The number of primary amides is 1. The third kappa shape index (κ3) is 2.61. The average molecular weight is 300 g/mol. The Hall–Kier alpha value is -2.01. The number of rotatable bonds is 4. The van der Waals surface area contributed by atoms with Gasteiger partial charge in [-0.15, -0.1) is 0 Å². The van der Waals surface area contributed by atoms with Crippen LogP contribution in [0.2, 0.25) is 0 Å². The molecule has 0 spiro atoms. The molecule has 1 fully saturated rings. The molecule has 1 aromatic rings. The predicted molar refractivity (Wildman–Crippen MR) is 68.7 cm³/mol. The monoisotopic (exact) mass is 300 g/mol. The van der Waals surface area contributed by atoms with Crippen molar-refractivity contribution >= 4 is 11.7 Å². The molecule has 1 aromatic heterocycles. The number of nitrogens with two attached hydrogens (primary N) is 2. The molecule has 2 heterocycles. The van der Waals surface area contributed by atoms with E-state index in [1.54, 1.807) is 0 Å². The van der Waals surface area contributed by atoms with Gasteiger partial charge in [-0.2, -0.15) is 4.98 Å². The molecule has 21 heavy (non-hydrogen) atoms. The lowest BCUT2D eigenvalue weighted by Crippen LogP contribution is -2.51. The number of hydrogen-bond acceptors (Lipinski definition) is 8. The molecule has 10 heteroatoms. The van der Waals surface area contributed by atoms with Gasteiger partial charge in [0.1, 0.15) is 23.6 Å². The smallest absolute Gasteiger partial charge is 0.351 e. The van der Waals surface area contributed by atoms with Gasteiger partial charge in [0.25, 0.3) is 0 Å². The largest absolute Gasteiger partial charge is 0.394 e. The standard InChI is InChI=1S/C11H16N4O6/c12-6-1-2-15(10(19)14-6)9-8(18)11(20,3-7(13)17)5(4-16)21-9/h1-2,5,8-9,16,18,20H,3-4H2,(H2,13,17)(H2,12,14,19)/t5-,8+,9-,11-/m1/s1. The highest BCUT2D eigenvalue weighted by Gasteiger charge is 2.56. The Labute approximate surface area is 118 Å². The minimum Gasteiger partial charge on any atom is -0.394 e. The van der Waals surface area contributed by atoms with Crippen molar-refractivity contribution in [1.29, 1.82) is 0 Å². The number of anilines is 1. The average Bonchev–Trinajstić information content (AvgIpc) is 2.62. The Morgan fingerprint density at radius 3 is 2.76 bits per heavy atom. The second-order valence-corrected chi connectivity index (χ2v) is 4.82. The van der Waals surface area contributed by atoms with Gasteiger partial charge in [-0.25, -0.2) is 4.79 Å². The van der Waals surface area contributed by atoms with Gasteiger partial charge < -0.3 is 31.5 Å². The van der Waals surface area contributed by atoms with Gasteiger partial charge in [0, 0.05) is 6.20 Å². The van der Waals surface area contributed by atoms with Gasteiger partial charge >= 0.3 is 5.69 Å². The summed E-state index contributed by atoms with van der Waals surface area (Å²) in [5.74, 6) is -0.906. The quantitative estimate of drug-likeness (QED) is 0.384. The number of aliphatic hydroxyl groups excluding tert-OH is 2. The Kier molecular flexibility index (Phi) is 3.96. The van der Waals surface area contributed by atoms with E-state index in [0.29, 0.717) is 0 Å². The highest BCUT2D eigenvalue weighted by Crippen LogP contribution is 2.38. The molecule has 116 valence electrons. The van der Waals surface area contributed by atoms with Crippen LogP contribution in [0, 0.1) is 0 Å². The summed E-state index contributed by atoms with van der Waals surface area (Å²) in [6.07, 6.45) is -3.68. The highest BCUT2D eigenvalue weighted by atomic mass is 16.6. The van der Waals surface area contributed by atoms with Gasteiger partial charge in [-0.3, -0.25) is 9.36 Å². The third-order valence-corrected chi connectivity index (χ3v) is 3.39. The fourth-order valence-corrected chi connectivity index (χ4v) is 2.33. The Balaban J connectivity index is 2.39. The van der Waals surface area contributed by atoms with Gasteiger partial charge in [0.15, 0.2) is 6.23 Å². The van der Waals surface area contributed by atoms with Crippen LogP contribution >= 0.6 is 0 Å². The second-order valence-electron chi connectivity index (χ2n) is 4.82. The van der Waals surface area contributed by atoms with Crippen molar-refractivity contribution in [3.05, 3.63) is 22.7 Å². The maximum atomic E-state index is 11.7. The number of amides is 1. The number of ether oxygens (including phenoxy) is 1. The van der Waals surface area contributed by atoms with Crippen molar-refractivity contribution in [1.82, 2.24) is 9.55 Å². The van der Waals surface area contributed by atoms with Crippen LogP contribution in [0.1, 0.15) is 12.6 Å². The highest BCUT2D eigenvalue weighted by molar-refractivity contribution is 5.75. The second kappa shape index (κ2) is 5.41. The summed E-state index contributed by atoms with van der Waals surface area (Å²) in [5, 5.41) is 29.8. The zero-order valence-electron chi connectivity index (χ0n) is 10.9. The number of aliphatic hydroxyl groups is 3. The number of carbonyl (C=O) groups excluding carboxylic acids is 1. The van der Waals surface area contributed by atoms with Crippen molar-refractivity contribution < 1.29 is 24.9 Å². The van der Waals surface area contributed by atoms with Crippen LogP contribution < -0.4 is 17.2 Å². The van der Waals surface area contributed by atoms with E-state index >= 15 is 0 Å². The van der Waals surface area contributed by atoms with Gasteiger partial charge in [-0.05, 0) is 6.07 Å². The van der Waals surface area contributed by atoms with E-state index in [-0.39, 0.29) is 5.82 Å². The molecular weight excluding hydrogens is 284 g/mol. The minimum absolute atomic E-state index is 0.0187. The fourth-order valence-electron chi connectivity index (χ4n) is 2.33. The Bertz CT molecular complexity index is 605. The van der Waals surface area contributed by atoms with Crippen molar-refractivity contribution in [2.75, 3.05) is 12.3 Å². The number of carbonyl (C=O) groups is 1. The number of nitrogens with zero attached hydrogens (tertiary/aromatic N) is 2. The zero-order chi connectivity index (χ0) is 15.8. The molecule has 0 saturated carbocycles. The molecule has 1 aliphatic rings. The molecule has 7 N–H and O–H groups in total. The fraction of sp³-hybridized carbons (Fsp3) is 0.545. The molecule has 10 nitrogen and oxygen atoms in total. The van der Waals surface area contributed by atoms with Crippen LogP contribution in [0.4, 0.5) is 5.82 Å². The Morgan fingerprint density at radius 1 is 1.57 bits per heavy atom. The van der Waals surface area contributed by atoms with Crippen LogP contribution in [0.15, 0.2) is 17.1 Å². The lowest BCUT2D eigenvalue weighted by Gasteiger charge is -2.28. The van der Waals surface area contributed by atoms with Crippen LogP contribution in [-0.4, -0.2) is 55.2 Å². The first-order chi connectivity index (χ1) is 9.79. The number of hydrogen-bond donors (Lipinski definition) is 5. The normalized spacial score (nSPS) is 32.2. The van der Waals surface area contributed by atoms with Crippen molar-refractivity contribution in [3.63, 3.8) is 0 Å². The topological polar surface area (TPSA) is 174 Å². The molecule has 0 bridgehead atoms. The lowest BCUT2D eigenvalue weighted by molar-refractivity contribution is -0.134. The zero-order valence-corrected chi connectivity index (χ0v) is 10.9. The minimum atomic E-state index is -2.11. The summed E-state index contributed by atoms with van der Waals surface area (Å²) in [6.45, 7) is -0.672. The van der Waals surface area contributed by atoms with E-state index in [9.17, 15) is 24.9 Å². The molecule has 1 saturated heterocycles. The van der Waals surface area contributed by atoms with Gasteiger partial charge in [0.05, 0.1) is 13.0 Å². The van der Waals surface area contributed by atoms with E-state index in [1.807, 2.05) is 0 Å². The summed E-state index contributed by atoms with van der Waals surface area (Å²) in [7, 11) is 0. The first-order valence-electron chi connectivity index (χ1n) is 6.09. The maximum absolute atomic E-state index is 11.7. The first kappa shape index (κ1) is 15.4. The predicted octanol–water partition coefficient (Wildman–Crippen LogP) is -3.32. The van der Waals surface area contributed by atoms with Crippen molar-refractivity contribution in [2.45, 2.75) is 30.5 Å². The SMILES string of the molecule is NC(=O)C[C@@]1(O)[C@@H](CO)O[C@@H](n2ccc(N)nc2=O)[C@@H]1O. The van der Waals surface area contributed by atoms with Crippen LogP contribution in [0.3, 0.4) is 0 Å². The number of nitrogen functional groups attached to an aromatic ring is 1. The summed E-state index contributed by atoms with van der Waals surface area (Å²) in [6, 6.07) is 1.30. The molecule has 2 rings (SSSR count). The number of aromatic nitrogens is 2. The maximum Gasteiger partial charge on any atom is 0.351 e. The molecule has 1 aliphatic heterocycles. The Morgan fingerprint density at radius 2 is 2.24 bits per heavy atom. The van der Waals surface area contributed by atoms with E-state index < -0.39 is 48.7 Å². The van der Waals surface area contributed by atoms with Crippen LogP contribution in [-0.2, 0) is 9.53 Å². The van der Waals surface area contributed by atoms with Crippen molar-refractivity contribution in [3.8, 4) is 0 Å². The van der Waals surface area contributed by atoms with Gasteiger partial charge in [-0.1, -0.05) is 0 Å². The summed E-state index contributed by atoms with van der Waals surface area (Å²) in [4.78, 5) is 26.3. The van der Waals surface area contributed by atoms with Crippen LogP contribution in [0.25, 0.3) is 0 Å². The molecule has 0 unspecified atom stereocenters. The van der Waals surface area contributed by atoms with E-state index in [2.05, 4.69) is 4.98 Å². The molecule has 0 aliphatic carbocycles. The van der Waals surface area contributed by atoms with E-state index in [0.717, 1.165) is 4.57 Å². The molecule has 0 radical (unpaired) electrons. The molecule has 0 aromatic carbocycles. The molecule has 1 amide bonds. The van der Waals surface area contributed by atoms with E-state index in [1.165, 1.54) is 12.3 Å².